The number of nitrogens with zero attached hydrogens (tertiary/aromatic N) is 3. The number of thiophene rings is 1. The number of allylic oxidation sites excluding steroid dienone is 3. The molecule has 0 saturated heterocycles. The third kappa shape index (κ3) is 3.07. The summed E-state index contributed by atoms with van der Waals surface area (Å²) in [5.41, 5.74) is 8.16. The van der Waals surface area contributed by atoms with Gasteiger partial charge in [-0.25, -0.2) is 4.39 Å². The number of halogens is 1. The minimum atomic E-state index is -0.738. The second-order valence-electron chi connectivity index (χ2n) is 6.73. The Morgan fingerprint density at radius 2 is 1.97 bits per heavy atom. The summed E-state index contributed by atoms with van der Waals surface area (Å²) in [5, 5.41) is 20.9. The lowest BCUT2D eigenvalue weighted by Crippen LogP contribution is -2.38. The van der Waals surface area contributed by atoms with Gasteiger partial charge < -0.3 is 5.73 Å². The molecular weight excluding hydrogens is 395 g/mol. The molecule has 0 fully saturated rings. The monoisotopic (exact) mass is 410 g/mol. The van der Waals surface area contributed by atoms with Gasteiger partial charge in [-0.05, 0) is 43.2 Å². The van der Waals surface area contributed by atoms with E-state index in [9.17, 15) is 24.6 Å². The van der Waals surface area contributed by atoms with Crippen molar-refractivity contribution in [2.45, 2.75) is 25.2 Å². The number of benzene rings is 1. The van der Waals surface area contributed by atoms with Crippen molar-refractivity contribution >= 4 is 27.8 Å². The summed E-state index contributed by atoms with van der Waals surface area (Å²) < 4.78 is 13.4. The number of hydrogen-bond acceptors (Lipinski definition) is 7. The highest BCUT2D eigenvalue weighted by Crippen LogP contribution is 2.48. The smallest absolute Gasteiger partial charge is 0.324 e. The molecule has 2 N–H and O–H groups in total. The van der Waals surface area contributed by atoms with Crippen LogP contribution in [0.25, 0.3) is 0 Å². The zero-order chi connectivity index (χ0) is 20.7. The molecule has 0 saturated carbocycles. The van der Waals surface area contributed by atoms with E-state index in [0.717, 1.165) is 11.3 Å². The van der Waals surface area contributed by atoms with E-state index in [1.54, 1.807) is 11.0 Å². The number of nitrogens with two attached hydrogens (primary N) is 1. The van der Waals surface area contributed by atoms with Crippen molar-refractivity contribution < 1.29 is 14.1 Å². The van der Waals surface area contributed by atoms with Crippen LogP contribution in [0.3, 0.4) is 0 Å². The first-order chi connectivity index (χ1) is 13.9. The van der Waals surface area contributed by atoms with Crippen LogP contribution in [-0.4, -0.2) is 10.7 Å². The first-order valence-electron chi connectivity index (χ1n) is 8.88. The molecule has 2 aliphatic rings. The Morgan fingerprint density at radius 3 is 2.59 bits per heavy atom. The highest BCUT2D eigenvalue weighted by atomic mass is 32.1. The number of rotatable bonds is 3. The summed E-state index contributed by atoms with van der Waals surface area (Å²) in [7, 11) is 0. The molecule has 2 heterocycles. The summed E-state index contributed by atoms with van der Waals surface area (Å²) >= 11 is 0.931. The standard InChI is InChI=1S/C20H15FN4O3S/c21-11-4-6-12(7-5-11)24-14-2-1-3-15(26)19(14)18(13(10-22)20(24)23)16-8-9-17(29-16)25(27)28/h4-9,18H,1-3,23H2/t18-/m0/s1. The van der Waals surface area contributed by atoms with Gasteiger partial charge in [0.15, 0.2) is 5.78 Å². The van der Waals surface area contributed by atoms with E-state index in [1.165, 1.54) is 30.3 Å². The van der Waals surface area contributed by atoms with Crippen molar-refractivity contribution in [3.05, 3.63) is 79.9 Å². The van der Waals surface area contributed by atoms with Gasteiger partial charge in [-0.15, -0.1) is 0 Å². The van der Waals surface area contributed by atoms with Crippen LogP contribution in [0.4, 0.5) is 15.1 Å². The van der Waals surface area contributed by atoms with E-state index in [0.29, 0.717) is 41.1 Å². The predicted octanol–water partition coefficient (Wildman–Crippen LogP) is 4.10. The molecule has 0 radical (unpaired) electrons. The fraction of sp³-hybridized carbons (Fsp3) is 0.200. The number of ketones is 1. The molecule has 1 atom stereocenters. The highest BCUT2D eigenvalue weighted by Gasteiger charge is 2.41. The molecule has 7 nitrogen and oxygen atoms in total. The van der Waals surface area contributed by atoms with Crippen molar-refractivity contribution in [3.63, 3.8) is 0 Å². The number of hydrogen-bond donors (Lipinski definition) is 1. The van der Waals surface area contributed by atoms with E-state index in [1.807, 2.05) is 0 Å². The minimum Gasteiger partial charge on any atom is -0.384 e. The summed E-state index contributed by atoms with van der Waals surface area (Å²) in [6.45, 7) is 0. The van der Waals surface area contributed by atoms with Crippen molar-refractivity contribution in [2.24, 2.45) is 5.73 Å². The zero-order valence-electron chi connectivity index (χ0n) is 15.1. The molecule has 0 bridgehead atoms. The topological polar surface area (TPSA) is 113 Å². The molecule has 9 heteroatoms. The van der Waals surface area contributed by atoms with Crippen molar-refractivity contribution in [2.75, 3.05) is 4.90 Å². The van der Waals surface area contributed by atoms with Gasteiger partial charge >= 0.3 is 5.00 Å². The fourth-order valence-electron chi connectivity index (χ4n) is 3.85. The second-order valence-corrected chi connectivity index (χ2v) is 7.82. The van der Waals surface area contributed by atoms with E-state index in [-0.39, 0.29) is 22.2 Å². The maximum Gasteiger partial charge on any atom is 0.324 e. The number of Topliss-reactive ketones (excluding diaryl/α,β-unsaturated/α-hetero) is 1. The zero-order valence-corrected chi connectivity index (χ0v) is 15.9. The van der Waals surface area contributed by atoms with Crippen LogP contribution in [0, 0.1) is 27.3 Å². The summed E-state index contributed by atoms with van der Waals surface area (Å²) in [6, 6.07) is 10.7. The molecule has 29 heavy (non-hydrogen) atoms. The average Bonchev–Trinajstić information content (AvgIpc) is 3.18. The molecule has 2 aromatic rings. The number of nitro groups is 1. The van der Waals surface area contributed by atoms with E-state index < -0.39 is 16.7 Å². The Kier molecular flexibility index (Phi) is 4.64. The Morgan fingerprint density at radius 1 is 1.24 bits per heavy atom. The molecule has 146 valence electrons. The maximum atomic E-state index is 13.4. The SMILES string of the molecule is N#CC1=C(N)N(c2ccc(F)cc2)C2=C(C(=O)CCC2)[C@@H]1c1ccc([N+](=O)[O-])s1. The van der Waals surface area contributed by atoms with E-state index >= 15 is 0 Å². The molecule has 0 unspecified atom stereocenters. The molecule has 0 amide bonds. The van der Waals surface area contributed by atoms with Crippen LogP contribution in [0.1, 0.15) is 30.1 Å². The van der Waals surface area contributed by atoms with Crippen LogP contribution >= 0.6 is 11.3 Å². The van der Waals surface area contributed by atoms with Gasteiger partial charge in [0, 0.05) is 34.3 Å². The Bertz CT molecular complexity index is 1130. The Hall–Kier alpha value is -3.51. The largest absolute Gasteiger partial charge is 0.384 e. The molecular formula is C20H15FN4O3S. The lowest BCUT2D eigenvalue weighted by molar-refractivity contribution is -0.380. The van der Waals surface area contributed by atoms with Crippen molar-refractivity contribution in [3.8, 4) is 6.07 Å². The van der Waals surface area contributed by atoms with Crippen LogP contribution in [-0.2, 0) is 4.79 Å². The number of carbonyl (C=O) groups is 1. The molecule has 1 aromatic carbocycles. The Balaban J connectivity index is 1.94. The normalized spacial score (nSPS) is 19.2. The van der Waals surface area contributed by atoms with Crippen molar-refractivity contribution in [1.29, 1.82) is 5.26 Å². The Labute approximate surface area is 169 Å². The minimum absolute atomic E-state index is 0.0674. The summed E-state index contributed by atoms with van der Waals surface area (Å²) in [5.74, 6) is -1.11. The number of anilines is 1. The van der Waals surface area contributed by atoms with Gasteiger partial charge in [0.2, 0.25) is 0 Å². The fourth-order valence-corrected chi connectivity index (χ4v) is 4.79. The quantitative estimate of drug-likeness (QED) is 0.602. The van der Waals surface area contributed by atoms with Crippen LogP contribution in [0.15, 0.2) is 59.1 Å². The molecule has 4 rings (SSSR count). The van der Waals surface area contributed by atoms with Crippen molar-refractivity contribution in [1.82, 2.24) is 0 Å². The molecule has 0 spiro atoms. The first kappa shape index (κ1) is 18.8. The van der Waals surface area contributed by atoms with Gasteiger partial charge in [-0.2, -0.15) is 5.26 Å². The number of carbonyl (C=O) groups excluding carboxylic acids is 1. The average molecular weight is 410 g/mol. The van der Waals surface area contributed by atoms with Gasteiger partial charge in [-0.1, -0.05) is 11.3 Å². The highest BCUT2D eigenvalue weighted by molar-refractivity contribution is 7.15. The first-order valence-corrected chi connectivity index (χ1v) is 9.69. The molecule has 1 aliphatic heterocycles. The second kappa shape index (κ2) is 7.14. The van der Waals surface area contributed by atoms with E-state index in [4.69, 9.17) is 5.73 Å². The third-order valence-electron chi connectivity index (χ3n) is 5.08. The maximum absolute atomic E-state index is 13.4. The van der Waals surface area contributed by atoms with Crippen LogP contribution < -0.4 is 10.6 Å². The van der Waals surface area contributed by atoms with Crippen LogP contribution in [0.5, 0.6) is 0 Å². The van der Waals surface area contributed by atoms with Gasteiger partial charge in [-0.3, -0.25) is 19.8 Å². The number of nitriles is 1. The van der Waals surface area contributed by atoms with E-state index in [2.05, 4.69) is 6.07 Å². The van der Waals surface area contributed by atoms with Gasteiger partial charge in [0.05, 0.1) is 22.5 Å². The molecule has 1 aliphatic carbocycles. The predicted molar refractivity (Wildman–Crippen MR) is 105 cm³/mol. The van der Waals surface area contributed by atoms with Gasteiger partial charge in [0.1, 0.15) is 11.6 Å². The third-order valence-corrected chi connectivity index (χ3v) is 6.18. The lowest BCUT2D eigenvalue weighted by atomic mass is 9.78. The van der Waals surface area contributed by atoms with Gasteiger partial charge in [0.25, 0.3) is 0 Å². The molecule has 1 aromatic heterocycles. The van der Waals surface area contributed by atoms with Crippen LogP contribution in [0.2, 0.25) is 0 Å². The summed E-state index contributed by atoms with van der Waals surface area (Å²) in [4.78, 5) is 25.7. The lowest BCUT2D eigenvalue weighted by Gasteiger charge is -2.39. The summed E-state index contributed by atoms with van der Waals surface area (Å²) in [6.07, 6.45) is 1.52.